The Morgan fingerprint density at radius 2 is 2.08 bits per heavy atom. The van der Waals surface area contributed by atoms with Crippen molar-refractivity contribution in [2.24, 2.45) is 5.92 Å². The van der Waals surface area contributed by atoms with Crippen LogP contribution in [0.2, 0.25) is 5.02 Å². The molecule has 1 aromatic heterocycles. The van der Waals surface area contributed by atoms with Crippen molar-refractivity contribution in [2.45, 2.75) is 19.4 Å². The standard InChI is InChI=1S/C18H19ClN2O2S/c19-15-7-2-1-5-13(15)11-20-17(22)14-6-3-9-21(12-14)18(23)16-8-4-10-24-16/h1-2,4-5,7-8,10,14H,3,6,9,11-12H2,(H,20,22). The van der Waals surface area contributed by atoms with E-state index >= 15 is 0 Å². The van der Waals surface area contributed by atoms with E-state index < -0.39 is 0 Å². The summed E-state index contributed by atoms with van der Waals surface area (Å²) in [5.41, 5.74) is 0.898. The van der Waals surface area contributed by atoms with Crippen molar-refractivity contribution in [1.29, 1.82) is 0 Å². The zero-order valence-corrected chi connectivity index (χ0v) is 14.8. The second kappa shape index (κ2) is 7.81. The van der Waals surface area contributed by atoms with E-state index in [-0.39, 0.29) is 17.7 Å². The first-order chi connectivity index (χ1) is 11.6. The molecule has 1 aliphatic heterocycles. The van der Waals surface area contributed by atoms with Gasteiger partial charge >= 0.3 is 0 Å². The summed E-state index contributed by atoms with van der Waals surface area (Å²) in [5.74, 6) is -0.155. The third-order valence-electron chi connectivity index (χ3n) is 4.22. The molecule has 126 valence electrons. The van der Waals surface area contributed by atoms with Gasteiger partial charge in [0.05, 0.1) is 10.8 Å². The average molecular weight is 363 g/mol. The van der Waals surface area contributed by atoms with Gasteiger partial charge in [-0.2, -0.15) is 0 Å². The molecule has 3 rings (SSSR count). The van der Waals surface area contributed by atoms with E-state index in [2.05, 4.69) is 5.32 Å². The number of likely N-dealkylation sites (tertiary alicyclic amines) is 1. The highest BCUT2D eigenvalue weighted by Crippen LogP contribution is 2.21. The summed E-state index contributed by atoms with van der Waals surface area (Å²) in [7, 11) is 0. The Kier molecular flexibility index (Phi) is 5.53. The van der Waals surface area contributed by atoms with Crippen LogP contribution in [-0.2, 0) is 11.3 Å². The Balaban J connectivity index is 1.57. The van der Waals surface area contributed by atoms with Gasteiger partial charge in [-0.1, -0.05) is 35.9 Å². The molecule has 4 nitrogen and oxygen atoms in total. The molecule has 0 aliphatic carbocycles. The predicted molar refractivity (Wildman–Crippen MR) is 96.2 cm³/mol. The van der Waals surface area contributed by atoms with Gasteiger partial charge in [0.1, 0.15) is 0 Å². The Bertz CT molecular complexity index is 718. The van der Waals surface area contributed by atoms with E-state index in [9.17, 15) is 9.59 Å². The number of benzene rings is 1. The van der Waals surface area contributed by atoms with Gasteiger partial charge in [0.25, 0.3) is 5.91 Å². The second-order valence-corrected chi connectivity index (χ2v) is 7.23. The average Bonchev–Trinajstić information content (AvgIpc) is 3.15. The van der Waals surface area contributed by atoms with Gasteiger partial charge in [0, 0.05) is 24.7 Å². The van der Waals surface area contributed by atoms with Gasteiger partial charge in [0.15, 0.2) is 0 Å². The van der Waals surface area contributed by atoms with Crippen molar-refractivity contribution >= 4 is 34.8 Å². The maximum absolute atomic E-state index is 12.4. The zero-order chi connectivity index (χ0) is 16.9. The zero-order valence-electron chi connectivity index (χ0n) is 13.2. The molecule has 2 amide bonds. The first-order valence-corrected chi connectivity index (χ1v) is 9.25. The number of carbonyl (C=O) groups is 2. The second-order valence-electron chi connectivity index (χ2n) is 5.88. The van der Waals surface area contributed by atoms with E-state index in [0.717, 1.165) is 23.3 Å². The van der Waals surface area contributed by atoms with Crippen LogP contribution >= 0.6 is 22.9 Å². The van der Waals surface area contributed by atoms with Crippen LogP contribution in [0, 0.1) is 5.92 Å². The lowest BCUT2D eigenvalue weighted by molar-refractivity contribution is -0.126. The van der Waals surface area contributed by atoms with Crippen LogP contribution in [0.5, 0.6) is 0 Å². The lowest BCUT2D eigenvalue weighted by Gasteiger charge is -2.31. The monoisotopic (exact) mass is 362 g/mol. The number of halogens is 1. The number of nitrogens with zero attached hydrogens (tertiary/aromatic N) is 1. The van der Waals surface area contributed by atoms with E-state index in [1.165, 1.54) is 11.3 Å². The molecule has 0 radical (unpaired) electrons. The molecule has 1 aliphatic rings. The smallest absolute Gasteiger partial charge is 0.263 e. The van der Waals surface area contributed by atoms with Crippen LogP contribution in [0.1, 0.15) is 28.1 Å². The van der Waals surface area contributed by atoms with Crippen LogP contribution in [0.25, 0.3) is 0 Å². The highest BCUT2D eigenvalue weighted by molar-refractivity contribution is 7.12. The Labute approximate surface area is 150 Å². The SMILES string of the molecule is O=C(NCc1ccccc1Cl)C1CCCN(C(=O)c2cccs2)C1. The summed E-state index contributed by atoms with van der Waals surface area (Å²) < 4.78 is 0. The maximum Gasteiger partial charge on any atom is 0.263 e. The van der Waals surface area contributed by atoms with E-state index in [4.69, 9.17) is 11.6 Å². The van der Waals surface area contributed by atoms with Crippen LogP contribution in [0.15, 0.2) is 41.8 Å². The molecule has 6 heteroatoms. The van der Waals surface area contributed by atoms with Crippen molar-refractivity contribution in [3.05, 3.63) is 57.2 Å². The molecule has 0 saturated carbocycles. The molecule has 1 unspecified atom stereocenters. The van der Waals surface area contributed by atoms with Crippen LogP contribution in [0.4, 0.5) is 0 Å². The molecule has 2 aromatic rings. The van der Waals surface area contributed by atoms with Crippen molar-refractivity contribution in [2.75, 3.05) is 13.1 Å². The lowest BCUT2D eigenvalue weighted by atomic mass is 9.97. The maximum atomic E-state index is 12.4. The first-order valence-electron chi connectivity index (χ1n) is 7.99. The fraction of sp³-hybridized carbons (Fsp3) is 0.333. The molecule has 1 atom stereocenters. The van der Waals surface area contributed by atoms with Gasteiger partial charge in [-0.25, -0.2) is 0 Å². The minimum atomic E-state index is -0.162. The lowest BCUT2D eigenvalue weighted by Crippen LogP contribution is -2.45. The van der Waals surface area contributed by atoms with E-state index in [1.54, 1.807) is 4.90 Å². The molecule has 24 heavy (non-hydrogen) atoms. The fourth-order valence-corrected chi connectivity index (χ4v) is 3.79. The van der Waals surface area contributed by atoms with Gasteiger partial charge in [-0.3, -0.25) is 9.59 Å². The molecule has 0 spiro atoms. The highest BCUT2D eigenvalue weighted by atomic mass is 35.5. The number of piperidine rings is 1. The Hall–Kier alpha value is -1.85. The Morgan fingerprint density at radius 1 is 1.25 bits per heavy atom. The number of carbonyl (C=O) groups excluding carboxylic acids is 2. The predicted octanol–water partition coefficient (Wildman–Crippen LogP) is 3.57. The van der Waals surface area contributed by atoms with Crippen LogP contribution < -0.4 is 5.32 Å². The summed E-state index contributed by atoms with van der Waals surface area (Å²) >= 11 is 7.55. The third-order valence-corrected chi connectivity index (χ3v) is 5.45. The van der Waals surface area contributed by atoms with E-state index in [0.29, 0.717) is 24.7 Å². The third kappa shape index (κ3) is 3.97. The quantitative estimate of drug-likeness (QED) is 0.903. The van der Waals surface area contributed by atoms with Gasteiger partial charge in [0.2, 0.25) is 5.91 Å². The number of hydrogen-bond donors (Lipinski definition) is 1. The van der Waals surface area contributed by atoms with Crippen molar-refractivity contribution in [3.8, 4) is 0 Å². The van der Waals surface area contributed by atoms with Gasteiger partial charge in [-0.15, -0.1) is 11.3 Å². The van der Waals surface area contributed by atoms with Crippen LogP contribution in [0.3, 0.4) is 0 Å². The van der Waals surface area contributed by atoms with E-state index in [1.807, 2.05) is 41.8 Å². The summed E-state index contributed by atoms with van der Waals surface area (Å²) in [6.07, 6.45) is 1.66. The normalized spacial score (nSPS) is 17.5. The number of nitrogens with one attached hydrogen (secondary N) is 1. The van der Waals surface area contributed by atoms with Crippen molar-refractivity contribution < 1.29 is 9.59 Å². The van der Waals surface area contributed by atoms with Gasteiger partial charge in [-0.05, 0) is 35.9 Å². The minimum absolute atomic E-state index is 0.0152. The highest BCUT2D eigenvalue weighted by Gasteiger charge is 2.29. The number of hydrogen-bond acceptors (Lipinski definition) is 3. The number of thiophene rings is 1. The summed E-state index contributed by atoms with van der Waals surface area (Å²) in [6, 6.07) is 11.2. The topological polar surface area (TPSA) is 49.4 Å². The molecule has 1 N–H and O–H groups in total. The summed E-state index contributed by atoms with van der Waals surface area (Å²) in [4.78, 5) is 27.4. The largest absolute Gasteiger partial charge is 0.352 e. The van der Waals surface area contributed by atoms with Gasteiger partial charge < -0.3 is 10.2 Å². The summed E-state index contributed by atoms with van der Waals surface area (Å²) in [5, 5.41) is 5.49. The molecule has 1 aromatic carbocycles. The molecule has 1 fully saturated rings. The molecule has 2 heterocycles. The fourth-order valence-electron chi connectivity index (χ4n) is 2.90. The first kappa shape index (κ1) is 17.0. The van der Waals surface area contributed by atoms with Crippen LogP contribution in [-0.4, -0.2) is 29.8 Å². The summed E-state index contributed by atoms with van der Waals surface area (Å²) in [6.45, 7) is 1.60. The molecular weight excluding hydrogens is 344 g/mol. The molecule has 0 bridgehead atoms. The number of amides is 2. The number of rotatable bonds is 4. The minimum Gasteiger partial charge on any atom is -0.352 e. The molecule has 1 saturated heterocycles. The van der Waals surface area contributed by atoms with Crippen molar-refractivity contribution in [1.82, 2.24) is 10.2 Å². The Morgan fingerprint density at radius 3 is 2.83 bits per heavy atom. The van der Waals surface area contributed by atoms with Crippen molar-refractivity contribution in [3.63, 3.8) is 0 Å². The molecular formula is C18H19ClN2O2S.